The quantitative estimate of drug-likeness (QED) is 0.507. The van der Waals surface area contributed by atoms with Crippen LogP contribution in [0.5, 0.6) is 5.75 Å². The first-order chi connectivity index (χ1) is 12.5. The van der Waals surface area contributed by atoms with E-state index in [2.05, 4.69) is 20.8 Å². The summed E-state index contributed by atoms with van der Waals surface area (Å²) in [6.07, 6.45) is 0. The first-order valence-corrected chi connectivity index (χ1v) is 8.63. The number of phenolic OH excluding ortho intramolecular Hbond substituents is 1. The topological polar surface area (TPSA) is 110 Å². The van der Waals surface area contributed by atoms with Crippen LogP contribution in [0.2, 0.25) is 0 Å². The Hall–Kier alpha value is -3.20. The fourth-order valence-electron chi connectivity index (χ4n) is 2.24. The van der Waals surface area contributed by atoms with Gasteiger partial charge in [0.1, 0.15) is 5.75 Å². The van der Waals surface area contributed by atoms with E-state index in [1.165, 1.54) is 23.7 Å². The molecule has 3 rings (SSSR count). The number of aromatic hydroxyl groups is 1. The summed E-state index contributed by atoms with van der Waals surface area (Å²) in [5.74, 6) is -0.182. The number of phenols is 1. The monoisotopic (exact) mass is 369 g/mol. The van der Waals surface area contributed by atoms with Crippen molar-refractivity contribution in [2.24, 2.45) is 0 Å². The van der Waals surface area contributed by atoms with Gasteiger partial charge in [-0.15, -0.1) is 5.10 Å². The van der Waals surface area contributed by atoms with E-state index in [0.29, 0.717) is 22.1 Å². The molecular weight excluding hydrogens is 354 g/mol. The molecule has 132 valence electrons. The average molecular weight is 369 g/mol. The number of aromatic nitrogens is 4. The number of anilines is 1. The van der Waals surface area contributed by atoms with Crippen LogP contribution in [-0.4, -0.2) is 42.8 Å². The van der Waals surface area contributed by atoms with Gasteiger partial charge < -0.3 is 10.4 Å². The lowest BCUT2D eigenvalue weighted by Gasteiger charge is -2.09. The van der Waals surface area contributed by atoms with Crippen LogP contribution in [0, 0.1) is 0 Å². The van der Waals surface area contributed by atoms with Crippen molar-refractivity contribution < 1.29 is 14.7 Å². The van der Waals surface area contributed by atoms with Gasteiger partial charge in [0.25, 0.3) is 0 Å². The van der Waals surface area contributed by atoms with Crippen molar-refractivity contribution in [2.45, 2.75) is 12.1 Å². The second-order valence-electron chi connectivity index (χ2n) is 5.33. The molecule has 0 fully saturated rings. The summed E-state index contributed by atoms with van der Waals surface area (Å²) in [5, 5.41) is 23.9. The van der Waals surface area contributed by atoms with Gasteiger partial charge in [-0.2, -0.15) is 4.68 Å². The molecule has 0 saturated carbocycles. The molecule has 1 heterocycles. The second-order valence-corrected chi connectivity index (χ2v) is 6.27. The number of nitrogens with one attached hydrogen (secondary N) is 1. The number of nitrogens with zero attached hydrogens (tertiary/aromatic N) is 4. The number of benzene rings is 2. The predicted molar refractivity (Wildman–Crippen MR) is 96.6 cm³/mol. The Bertz CT molecular complexity index is 940. The lowest BCUT2D eigenvalue weighted by atomic mass is 10.1. The maximum atomic E-state index is 12.2. The first kappa shape index (κ1) is 17.6. The molecule has 0 bridgehead atoms. The maximum Gasteiger partial charge on any atom is 0.234 e. The standard InChI is InChI=1S/C17H15N5O3S/c1-11(23)14-4-2-3-5-15(14)18-16(25)10-26-17-19-20-21-22(17)12-6-8-13(24)9-7-12/h2-9,24H,10H2,1H3,(H,18,25). The minimum Gasteiger partial charge on any atom is -0.508 e. The Labute approximate surface area is 153 Å². The largest absolute Gasteiger partial charge is 0.508 e. The van der Waals surface area contributed by atoms with Crippen molar-refractivity contribution in [3.8, 4) is 11.4 Å². The van der Waals surface area contributed by atoms with Crippen molar-refractivity contribution in [1.29, 1.82) is 0 Å². The summed E-state index contributed by atoms with van der Waals surface area (Å²) < 4.78 is 1.47. The average Bonchev–Trinajstić information content (AvgIpc) is 3.09. The van der Waals surface area contributed by atoms with Crippen LogP contribution < -0.4 is 5.32 Å². The lowest BCUT2D eigenvalue weighted by Crippen LogP contribution is -2.16. The number of hydrogen-bond donors (Lipinski definition) is 2. The number of ketones is 1. The normalized spacial score (nSPS) is 10.5. The number of tetrazole rings is 1. The highest BCUT2D eigenvalue weighted by molar-refractivity contribution is 7.99. The van der Waals surface area contributed by atoms with E-state index in [9.17, 15) is 14.7 Å². The number of thioether (sulfide) groups is 1. The van der Waals surface area contributed by atoms with Gasteiger partial charge in [0, 0.05) is 5.56 Å². The summed E-state index contributed by atoms with van der Waals surface area (Å²) in [6.45, 7) is 1.45. The minimum atomic E-state index is -0.274. The van der Waals surface area contributed by atoms with Crippen molar-refractivity contribution in [1.82, 2.24) is 20.2 Å². The summed E-state index contributed by atoms with van der Waals surface area (Å²) in [7, 11) is 0. The second kappa shape index (κ2) is 7.79. The van der Waals surface area contributed by atoms with Crippen LogP contribution >= 0.6 is 11.8 Å². The molecule has 0 saturated heterocycles. The Kier molecular flexibility index (Phi) is 5.28. The van der Waals surface area contributed by atoms with Gasteiger partial charge in [0.2, 0.25) is 11.1 Å². The van der Waals surface area contributed by atoms with Crippen molar-refractivity contribution in [3.05, 3.63) is 54.1 Å². The van der Waals surface area contributed by atoms with Crippen LogP contribution in [0.15, 0.2) is 53.7 Å². The molecule has 8 nitrogen and oxygen atoms in total. The molecule has 1 amide bonds. The van der Waals surface area contributed by atoms with Crippen LogP contribution in [0.4, 0.5) is 5.69 Å². The zero-order valence-electron chi connectivity index (χ0n) is 13.8. The van der Waals surface area contributed by atoms with E-state index in [4.69, 9.17) is 0 Å². The molecule has 2 aromatic carbocycles. The number of carbonyl (C=O) groups excluding carboxylic acids is 2. The van der Waals surface area contributed by atoms with Gasteiger partial charge in [-0.3, -0.25) is 9.59 Å². The number of rotatable bonds is 6. The van der Waals surface area contributed by atoms with Crippen molar-refractivity contribution >= 4 is 29.1 Å². The van der Waals surface area contributed by atoms with Gasteiger partial charge in [-0.05, 0) is 53.7 Å². The van der Waals surface area contributed by atoms with E-state index in [1.54, 1.807) is 36.4 Å². The highest BCUT2D eigenvalue weighted by Gasteiger charge is 2.13. The van der Waals surface area contributed by atoms with Gasteiger partial charge >= 0.3 is 0 Å². The highest BCUT2D eigenvalue weighted by atomic mass is 32.2. The third-order valence-electron chi connectivity index (χ3n) is 3.45. The van der Waals surface area contributed by atoms with Crippen molar-refractivity contribution in [3.63, 3.8) is 0 Å². The molecule has 3 aromatic rings. The van der Waals surface area contributed by atoms with E-state index < -0.39 is 0 Å². The van der Waals surface area contributed by atoms with Crippen LogP contribution in [0.3, 0.4) is 0 Å². The lowest BCUT2D eigenvalue weighted by molar-refractivity contribution is -0.113. The molecule has 26 heavy (non-hydrogen) atoms. The minimum absolute atomic E-state index is 0.0741. The SMILES string of the molecule is CC(=O)c1ccccc1NC(=O)CSc1nnnn1-c1ccc(O)cc1. The van der Waals surface area contributed by atoms with Crippen molar-refractivity contribution in [2.75, 3.05) is 11.1 Å². The molecule has 1 aromatic heterocycles. The fraction of sp³-hybridized carbons (Fsp3) is 0.118. The molecule has 0 aliphatic rings. The molecule has 0 spiro atoms. The molecular formula is C17H15N5O3S. The zero-order chi connectivity index (χ0) is 18.5. The molecule has 0 radical (unpaired) electrons. The highest BCUT2D eigenvalue weighted by Crippen LogP contribution is 2.21. The molecule has 0 atom stereocenters. The predicted octanol–water partition coefficient (Wildman–Crippen LogP) is 2.30. The Morgan fingerprint density at radius 1 is 1.15 bits per heavy atom. The molecule has 9 heteroatoms. The Morgan fingerprint density at radius 2 is 1.88 bits per heavy atom. The fourth-order valence-corrected chi connectivity index (χ4v) is 2.93. The summed E-state index contributed by atoms with van der Waals surface area (Å²) in [5.41, 5.74) is 1.60. The summed E-state index contributed by atoms with van der Waals surface area (Å²) >= 11 is 1.16. The first-order valence-electron chi connectivity index (χ1n) is 7.65. The number of hydrogen-bond acceptors (Lipinski definition) is 7. The van der Waals surface area contributed by atoms with Crippen LogP contribution in [0.1, 0.15) is 17.3 Å². The van der Waals surface area contributed by atoms with Gasteiger partial charge in [-0.25, -0.2) is 0 Å². The number of para-hydroxylation sites is 1. The smallest absolute Gasteiger partial charge is 0.234 e. The molecule has 0 unspecified atom stereocenters. The van der Waals surface area contributed by atoms with E-state index in [0.717, 1.165) is 11.8 Å². The van der Waals surface area contributed by atoms with Crippen LogP contribution in [-0.2, 0) is 4.79 Å². The Balaban J connectivity index is 1.67. The molecule has 2 N–H and O–H groups in total. The molecule has 0 aliphatic carbocycles. The van der Waals surface area contributed by atoms with Gasteiger partial charge in [-0.1, -0.05) is 23.9 Å². The van der Waals surface area contributed by atoms with E-state index in [1.807, 2.05) is 0 Å². The summed E-state index contributed by atoms with van der Waals surface area (Å²) in [6, 6.07) is 13.2. The number of Topliss-reactive ketones (excluding diaryl/α,β-unsaturated/α-hetero) is 1. The van der Waals surface area contributed by atoms with Gasteiger partial charge in [0.05, 0.1) is 17.1 Å². The number of amides is 1. The van der Waals surface area contributed by atoms with Crippen LogP contribution in [0.25, 0.3) is 5.69 Å². The Morgan fingerprint density at radius 3 is 2.62 bits per heavy atom. The van der Waals surface area contributed by atoms with E-state index in [-0.39, 0.29) is 23.2 Å². The third-order valence-corrected chi connectivity index (χ3v) is 4.37. The maximum absolute atomic E-state index is 12.2. The molecule has 0 aliphatic heterocycles. The third kappa shape index (κ3) is 4.06. The zero-order valence-corrected chi connectivity index (χ0v) is 14.6. The number of carbonyl (C=O) groups is 2. The van der Waals surface area contributed by atoms with Gasteiger partial charge in [0.15, 0.2) is 5.78 Å². The van der Waals surface area contributed by atoms with E-state index >= 15 is 0 Å². The summed E-state index contributed by atoms with van der Waals surface area (Å²) in [4.78, 5) is 23.8.